The van der Waals surface area contributed by atoms with Crippen molar-refractivity contribution >= 4 is 26.0 Å². The lowest BCUT2D eigenvalue weighted by molar-refractivity contribution is -0.137. The molecule has 0 saturated heterocycles. The molecule has 10 heteroatoms. The van der Waals surface area contributed by atoms with Crippen LogP contribution in [-0.4, -0.2) is 53.0 Å². The van der Waals surface area contributed by atoms with Gasteiger partial charge in [-0.3, -0.25) is 4.79 Å². The second kappa shape index (κ2) is 6.89. The van der Waals surface area contributed by atoms with Crippen molar-refractivity contribution in [2.24, 2.45) is 0 Å². The van der Waals surface area contributed by atoms with Crippen molar-refractivity contribution < 1.29 is 26.7 Å². The fraction of sp³-hybridized carbons (Fsp3) is 0.857. The van der Waals surface area contributed by atoms with Crippen LogP contribution in [0.1, 0.15) is 12.8 Å². The van der Waals surface area contributed by atoms with E-state index in [0.29, 0.717) is 0 Å². The predicted molar refractivity (Wildman–Crippen MR) is 61.5 cm³/mol. The quantitative estimate of drug-likeness (QED) is 0.464. The van der Waals surface area contributed by atoms with Crippen LogP contribution in [0, 0.1) is 0 Å². The van der Waals surface area contributed by atoms with E-state index < -0.39 is 26.0 Å². The molecule has 0 rings (SSSR count). The Labute approximate surface area is 101 Å². The Morgan fingerprint density at radius 2 is 1.71 bits per heavy atom. The molecule has 0 fully saturated rings. The highest BCUT2D eigenvalue weighted by molar-refractivity contribution is 7.90. The van der Waals surface area contributed by atoms with Gasteiger partial charge in [0.05, 0.1) is 11.5 Å². The first kappa shape index (κ1) is 16.3. The molecular weight excluding hydrogens is 272 g/mol. The van der Waals surface area contributed by atoms with E-state index in [1.54, 1.807) is 0 Å². The average molecular weight is 288 g/mol. The van der Waals surface area contributed by atoms with E-state index in [4.69, 9.17) is 5.11 Å². The number of aliphatic carboxylic acids is 1. The number of sulfonamides is 2. The lowest BCUT2D eigenvalue weighted by Gasteiger charge is -2.06. The molecule has 0 spiro atoms. The fourth-order valence-electron chi connectivity index (χ4n) is 0.919. The van der Waals surface area contributed by atoms with Gasteiger partial charge in [-0.15, -0.1) is 0 Å². The minimum atomic E-state index is -3.61. The van der Waals surface area contributed by atoms with Crippen molar-refractivity contribution in [2.45, 2.75) is 12.8 Å². The molecule has 0 aromatic rings. The van der Waals surface area contributed by atoms with Gasteiger partial charge in [0.25, 0.3) is 0 Å². The van der Waals surface area contributed by atoms with Crippen LogP contribution in [0.15, 0.2) is 0 Å². The first-order valence-corrected chi connectivity index (χ1v) is 8.09. The Balaban J connectivity index is 3.99. The van der Waals surface area contributed by atoms with E-state index >= 15 is 0 Å². The Bertz CT molecular complexity index is 441. The van der Waals surface area contributed by atoms with Crippen LogP contribution in [-0.2, 0) is 24.8 Å². The molecule has 0 amide bonds. The number of carboxylic acid groups (broad SMARTS) is 1. The summed E-state index contributed by atoms with van der Waals surface area (Å²) in [7, 11) is -5.83. The molecule has 0 aliphatic rings. The second-order valence-corrected chi connectivity index (χ2v) is 7.21. The molecule has 0 bridgehead atoms. The minimum absolute atomic E-state index is 0.0105. The summed E-state index contributed by atoms with van der Waals surface area (Å²) < 4.78 is 48.6. The van der Waals surface area contributed by atoms with Crippen molar-refractivity contribution in [3.05, 3.63) is 0 Å². The third-order valence-electron chi connectivity index (χ3n) is 1.81. The summed E-state index contributed by atoms with van der Waals surface area (Å²) in [4.78, 5) is 10.2. The van der Waals surface area contributed by atoms with E-state index in [-0.39, 0.29) is 30.9 Å². The molecule has 0 saturated carbocycles. The van der Waals surface area contributed by atoms with Gasteiger partial charge in [0.1, 0.15) is 0 Å². The molecule has 0 aromatic carbocycles. The van der Waals surface area contributed by atoms with Gasteiger partial charge in [-0.25, -0.2) is 26.3 Å². The topological polar surface area (TPSA) is 130 Å². The molecule has 102 valence electrons. The van der Waals surface area contributed by atoms with Crippen LogP contribution in [0.5, 0.6) is 0 Å². The first-order valence-electron chi connectivity index (χ1n) is 4.79. The SMILES string of the molecule is CNS(=O)(=O)CCNS(=O)(=O)CCCC(=O)O. The van der Waals surface area contributed by atoms with Crippen LogP contribution in [0.3, 0.4) is 0 Å². The largest absolute Gasteiger partial charge is 0.481 e. The maximum Gasteiger partial charge on any atom is 0.303 e. The molecule has 17 heavy (non-hydrogen) atoms. The average Bonchev–Trinajstić information content (AvgIpc) is 2.16. The lowest BCUT2D eigenvalue weighted by Crippen LogP contribution is -2.34. The highest BCUT2D eigenvalue weighted by atomic mass is 32.2. The summed E-state index contributed by atoms with van der Waals surface area (Å²) in [5.74, 6) is -1.77. The lowest BCUT2D eigenvalue weighted by atomic mass is 10.3. The van der Waals surface area contributed by atoms with Crippen molar-refractivity contribution in [1.29, 1.82) is 0 Å². The second-order valence-electron chi connectivity index (χ2n) is 3.23. The van der Waals surface area contributed by atoms with Gasteiger partial charge in [0.15, 0.2) is 0 Å². The number of carboxylic acids is 1. The Morgan fingerprint density at radius 1 is 1.12 bits per heavy atom. The summed E-state index contributed by atoms with van der Waals surface area (Å²) >= 11 is 0. The number of nitrogens with one attached hydrogen (secondary N) is 2. The van der Waals surface area contributed by atoms with Gasteiger partial charge < -0.3 is 5.11 Å². The third-order valence-corrected chi connectivity index (χ3v) is 4.64. The van der Waals surface area contributed by atoms with E-state index in [2.05, 4.69) is 4.72 Å². The summed E-state index contributed by atoms with van der Waals surface area (Å²) in [6, 6.07) is 0. The molecule has 0 heterocycles. The molecule has 0 aliphatic carbocycles. The van der Waals surface area contributed by atoms with Gasteiger partial charge >= 0.3 is 5.97 Å². The smallest absolute Gasteiger partial charge is 0.303 e. The number of carbonyl (C=O) groups is 1. The van der Waals surface area contributed by atoms with Crippen molar-refractivity contribution in [3.8, 4) is 0 Å². The third kappa shape index (κ3) is 9.03. The maximum atomic E-state index is 11.3. The first-order chi connectivity index (χ1) is 7.68. The van der Waals surface area contributed by atoms with E-state index in [1.165, 1.54) is 7.05 Å². The Morgan fingerprint density at radius 3 is 2.18 bits per heavy atom. The molecule has 8 nitrogen and oxygen atoms in total. The van der Waals surface area contributed by atoms with Gasteiger partial charge in [-0.2, -0.15) is 0 Å². The highest BCUT2D eigenvalue weighted by Crippen LogP contribution is 1.94. The zero-order valence-corrected chi connectivity index (χ0v) is 11.0. The molecule has 3 N–H and O–H groups in total. The van der Waals surface area contributed by atoms with Crippen LogP contribution < -0.4 is 9.44 Å². The van der Waals surface area contributed by atoms with Crippen LogP contribution in [0.4, 0.5) is 0 Å². The minimum Gasteiger partial charge on any atom is -0.481 e. The van der Waals surface area contributed by atoms with Crippen LogP contribution in [0.25, 0.3) is 0 Å². The predicted octanol–water partition coefficient (Wildman–Crippen LogP) is -1.68. The van der Waals surface area contributed by atoms with Gasteiger partial charge in [-0.05, 0) is 13.5 Å². The molecule has 0 radical (unpaired) electrons. The van der Waals surface area contributed by atoms with Gasteiger partial charge in [0.2, 0.25) is 20.0 Å². The zero-order chi connectivity index (χ0) is 13.5. The normalized spacial score (nSPS) is 12.5. The molecular formula is C7H16N2O6S2. The zero-order valence-electron chi connectivity index (χ0n) is 9.34. The number of hydrogen-bond donors (Lipinski definition) is 3. The van der Waals surface area contributed by atoms with Gasteiger partial charge in [-0.1, -0.05) is 0 Å². The number of rotatable bonds is 9. The Hall–Kier alpha value is -0.710. The highest BCUT2D eigenvalue weighted by Gasteiger charge is 2.13. The van der Waals surface area contributed by atoms with E-state index in [1.807, 2.05) is 4.72 Å². The van der Waals surface area contributed by atoms with Gasteiger partial charge in [0, 0.05) is 13.0 Å². The summed E-state index contributed by atoms with van der Waals surface area (Å²) in [6.45, 7) is -0.238. The molecule has 0 atom stereocenters. The number of hydrogen-bond acceptors (Lipinski definition) is 5. The monoisotopic (exact) mass is 288 g/mol. The van der Waals surface area contributed by atoms with Crippen molar-refractivity contribution in [2.75, 3.05) is 25.1 Å². The molecule has 0 aliphatic heterocycles. The van der Waals surface area contributed by atoms with Crippen molar-refractivity contribution in [1.82, 2.24) is 9.44 Å². The van der Waals surface area contributed by atoms with Crippen molar-refractivity contribution in [3.63, 3.8) is 0 Å². The standard InChI is InChI=1S/C7H16N2O6S2/c1-8-16(12,13)6-4-9-17(14,15)5-2-3-7(10)11/h8-9H,2-6H2,1H3,(H,10,11). The van der Waals surface area contributed by atoms with Crippen LogP contribution >= 0.6 is 0 Å². The maximum absolute atomic E-state index is 11.3. The molecule has 0 unspecified atom stereocenters. The van der Waals surface area contributed by atoms with Crippen LogP contribution in [0.2, 0.25) is 0 Å². The summed E-state index contributed by atoms with van der Waals surface area (Å²) in [6.07, 6.45) is -0.251. The Kier molecular flexibility index (Phi) is 6.60. The molecule has 0 aromatic heterocycles. The summed E-state index contributed by atoms with van der Waals surface area (Å²) in [5.41, 5.74) is 0. The summed E-state index contributed by atoms with van der Waals surface area (Å²) in [5, 5.41) is 8.32. The van der Waals surface area contributed by atoms with E-state index in [9.17, 15) is 21.6 Å². The van der Waals surface area contributed by atoms with E-state index in [0.717, 1.165) is 0 Å². The fourth-order valence-corrected chi connectivity index (χ4v) is 2.71.